The second kappa shape index (κ2) is 14.2. The lowest BCUT2D eigenvalue weighted by Crippen LogP contribution is -2.41. The molecule has 0 aliphatic heterocycles. The Balaban J connectivity index is 1.28. The molecule has 1 saturated carbocycles. The topological polar surface area (TPSA) is 94.5 Å². The summed E-state index contributed by atoms with van der Waals surface area (Å²) in [6, 6.07) is 23.7. The van der Waals surface area contributed by atoms with Crippen LogP contribution in [-0.4, -0.2) is 54.5 Å². The number of aliphatic carboxylic acids is 1. The molecule has 1 aliphatic carbocycles. The van der Waals surface area contributed by atoms with Gasteiger partial charge in [-0.1, -0.05) is 36.8 Å². The molecule has 0 radical (unpaired) electrons. The maximum absolute atomic E-state index is 13.0. The third kappa shape index (κ3) is 8.75. The fourth-order valence-corrected chi connectivity index (χ4v) is 4.24. The number of hydrogen-bond acceptors (Lipinski definition) is 6. The van der Waals surface area contributed by atoms with E-state index in [1.54, 1.807) is 48.2 Å². The van der Waals surface area contributed by atoms with E-state index in [0.717, 1.165) is 24.2 Å². The molecule has 0 saturated heterocycles. The van der Waals surface area contributed by atoms with Crippen LogP contribution in [0.4, 0.5) is 4.79 Å². The molecule has 4 rings (SSSR count). The number of carboxylic acid groups (broad SMARTS) is 1. The van der Waals surface area contributed by atoms with Gasteiger partial charge in [0.1, 0.15) is 29.6 Å². The Morgan fingerprint density at radius 3 is 2.15 bits per heavy atom. The molecule has 1 aliphatic rings. The van der Waals surface area contributed by atoms with Crippen molar-refractivity contribution in [3.8, 4) is 23.0 Å². The van der Waals surface area contributed by atoms with Crippen LogP contribution in [0.3, 0.4) is 0 Å². The molecule has 8 nitrogen and oxygen atoms in total. The van der Waals surface area contributed by atoms with Gasteiger partial charge in [-0.3, -0.25) is 0 Å². The van der Waals surface area contributed by atoms with Crippen LogP contribution in [0.25, 0.3) is 0 Å². The highest BCUT2D eigenvalue weighted by Gasteiger charge is 2.25. The third-order valence-corrected chi connectivity index (χ3v) is 6.59. The van der Waals surface area contributed by atoms with Crippen molar-refractivity contribution in [3.63, 3.8) is 0 Å². The van der Waals surface area contributed by atoms with Crippen molar-refractivity contribution in [2.75, 3.05) is 26.3 Å². The molecular formula is C31H35NO7. The van der Waals surface area contributed by atoms with Gasteiger partial charge in [-0.15, -0.1) is 0 Å². The van der Waals surface area contributed by atoms with E-state index in [2.05, 4.69) is 0 Å². The summed E-state index contributed by atoms with van der Waals surface area (Å²) in [5.41, 5.74) is 0.846. The molecule has 39 heavy (non-hydrogen) atoms. The number of rotatable bonds is 14. The van der Waals surface area contributed by atoms with E-state index in [1.807, 2.05) is 42.5 Å². The van der Waals surface area contributed by atoms with E-state index >= 15 is 0 Å². The average Bonchev–Trinajstić information content (AvgIpc) is 2.91. The lowest BCUT2D eigenvalue weighted by molar-refractivity contribution is -0.149. The van der Waals surface area contributed by atoms with E-state index in [-0.39, 0.29) is 6.42 Å². The zero-order valence-electron chi connectivity index (χ0n) is 22.2. The quantitative estimate of drug-likeness (QED) is 0.264. The van der Waals surface area contributed by atoms with Crippen LogP contribution in [0, 0.1) is 5.92 Å². The molecule has 8 heteroatoms. The Kier molecular flexibility index (Phi) is 10.2. The molecule has 0 spiro atoms. The number of carbonyl (C=O) groups excluding carboxylic acids is 1. The van der Waals surface area contributed by atoms with Crippen LogP contribution in [0.2, 0.25) is 0 Å². The number of carbonyl (C=O) groups is 2. The van der Waals surface area contributed by atoms with E-state index in [4.69, 9.17) is 18.9 Å². The van der Waals surface area contributed by atoms with E-state index < -0.39 is 18.2 Å². The molecule has 0 heterocycles. The van der Waals surface area contributed by atoms with Gasteiger partial charge in [0, 0.05) is 19.6 Å². The van der Waals surface area contributed by atoms with Gasteiger partial charge in [0.2, 0.25) is 0 Å². The minimum Gasteiger partial charge on any atom is -0.492 e. The second-order valence-electron chi connectivity index (χ2n) is 9.48. The first-order valence-electron chi connectivity index (χ1n) is 13.4. The minimum atomic E-state index is -0.980. The Bertz CT molecular complexity index is 1180. The molecule has 3 aromatic rings. The number of nitrogens with zero attached hydrogens (tertiary/aromatic N) is 1. The number of benzene rings is 3. The van der Waals surface area contributed by atoms with E-state index in [1.165, 1.54) is 6.42 Å². The molecule has 0 bridgehead atoms. The smallest absolute Gasteiger partial charge is 0.415 e. The van der Waals surface area contributed by atoms with Crippen molar-refractivity contribution in [1.82, 2.24) is 4.90 Å². The van der Waals surface area contributed by atoms with Crippen LogP contribution in [-0.2, 0) is 16.0 Å². The highest BCUT2D eigenvalue weighted by molar-refractivity contribution is 5.72. The third-order valence-electron chi connectivity index (χ3n) is 6.59. The first-order valence-corrected chi connectivity index (χ1v) is 13.4. The first-order chi connectivity index (χ1) is 19.0. The van der Waals surface area contributed by atoms with Gasteiger partial charge in [-0.05, 0) is 79.8 Å². The predicted octanol–water partition coefficient (Wildman–Crippen LogP) is 6.19. The van der Waals surface area contributed by atoms with Crippen LogP contribution in [0.1, 0.15) is 31.7 Å². The van der Waals surface area contributed by atoms with Crippen LogP contribution >= 0.6 is 0 Å². The molecule has 1 amide bonds. The molecule has 3 aromatic carbocycles. The lowest BCUT2D eigenvalue weighted by Gasteiger charge is -2.31. The van der Waals surface area contributed by atoms with E-state index in [0.29, 0.717) is 49.5 Å². The van der Waals surface area contributed by atoms with Crippen LogP contribution < -0.4 is 14.2 Å². The molecule has 206 valence electrons. The Hall–Kier alpha value is -4.04. The van der Waals surface area contributed by atoms with Gasteiger partial charge < -0.3 is 29.0 Å². The van der Waals surface area contributed by atoms with Gasteiger partial charge in [-0.2, -0.15) is 0 Å². The van der Waals surface area contributed by atoms with Crippen LogP contribution in [0.5, 0.6) is 23.0 Å². The Morgan fingerprint density at radius 2 is 1.54 bits per heavy atom. The Labute approximate surface area is 229 Å². The molecule has 1 atom stereocenters. The van der Waals surface area contributed by atoms with E-state index in [9.17, 15) is 14.7 Å². The fourth-order valence-electron chi connectivity index (χ4n) is 4.24. The van der Waals surface area contributed by atoms with Gasteiger partial charge in [0.05, 0.1) is 6.54 Å². The van der Waals surface area contributed by atoms with Gasteiger partial charge in [0.15, 0.2) is 6.10 Å². The summed E-state index contributed by atoms with van der Waals surface area (Å²) in [7, 11) is 0. The molecule has 1 unspecified atom stereocenters. The minimum absolute atomic E-state index is 0.282. The zero-order chi connectivity index (χ0) is 27.5. The van der Waals surface area contributed by atoms with Crippen molar-refractivity contribution >= 4 is 12.1 Å². The zero-order valence-corrected chi connectivity index (χ0v) is 22.2. The summed E-state index contributed by atoms with van der Waals surface area (Å²) in [4.78, 5) is 26.0. The molecular weight excluding hydrogens is 498 g/mol. The number of carboxylic acids is 1. The normalized spacial score (nSPS) is 13.7. The predicted molar refractivity (Wildman–Crippen MR) is 147 cm³/mol. The number of amides is 1. The van der Waals surface area contributed by atoms with Crippen molar-refractivity contribution in [2.24, 2.45) is 5.92 Å². The largest absolute Gasteiger partial charge is 0.492 e. The van der Waals surface area contributed by atoms with Gasteiger partial charge in [-0.25, -0.2) is 9.59 Å². The lowest BCUT2D eigenvalue weighted by atomic mass is 9.85. The molecule has 1 fully saturated rings. The molecule has 1 N–H and O–H groups in total. The summed E-state index contributed by atoms with van der Waals surface area (Å²) in [6.07, 6.45) is 2.40. The van der Waals surface area contributed by atoms with Crippen molar-refractivity contribution < 1.29 is 33.6 Å². The summed E-state index contributed by atoms with van der Waals surface area (Å²) in [6.45, 7) is 3.43. The summed E-state index contributed by atoms with van der Waals surface area (Å²) >= 11 is 0. The summed E-state index contributed by atoms with van der Waals surface area (Å²) < 4.78 is 22.6. The number of hydrogen-bond donors (Lipinski definition) is 1. The fraction of sp³-hybridized carbons (Fsp3) is 0.355. The summed E-state index contributed by atoms with van der Waals surface area (Å²) in [5, 5.41) is 9.28. The average molecular weight is 534 g/mol. The number of ether oxygens (including phenoxy) is 4. The maximum atomic E-state index is 13.0. The monoisotopic (exact) mass is 533 g/mol. The van der Waals surface area contributed by atoms with Crippen molar-refractivity contribution in [2.45, 2.75) is 38.7 Å². The SMILES string of the molecule is CCOC(Cc1ccc(OCCN(CC2CCC2)C(=O)Oc2ccc(Oc3ccccc3)cc2)cc1)C(=O)O. The van der Waals surface area contributed by atoms with Crippen LogP contribution in [0.15, 0.2) is 78.9 Å². The highest BCUT2D eigenvalue weighted by Crippen LogP contribution is 2.28. The second-order valence-corrected chi connectivity index (χ2v) is 9.48. The maximum Gasteiger partial charge on any atom is 0.415 e. The molecule has 0 aromatic heterocycles. The van der Waals surface area contributed by atoms with Gasteiger partial charge >= 0.3 is 12.1 Å². The van der Waals surface area contributed by atoms with Crippen molar-refractivity contribution in [1.29, 1.82) is 0 Å². The number of para-hydroxylation sites is 1. The van der Waals surface area contributed by atoms with Gasteiger partial charge in [0.25, 0.3) is 0 Å². The highest BCUT2D eigenvalue weighted by atomic mass is 16.6. The standard InChI is InChI=1S/C31H35NO7/c1-2-36-29(30(33)34)21-23-11-13-25(14-12-23)37-20-19-32(22-24-7-6-8-24)31(35)39-28-17-15-27(16-18-28)38-26-9-4-3-5-10-26/h3-5,9-18,24,29H,2,6-8,19-22H2,1H3,(H,33,34). The summed E-state index contributed by atoms with van der Waals surface area (Å²) in [5.74, 6) is 1.98. The Morgan fingerprint density at radius 1 is 0.897 bits per heavy atom. The first kappa shape index (κ1) is 28.0. The van der Waals surface area contributed by atoms with Crippen molar-refractivity contribution in [3.05, 3.63) is 84.4 Å².